The number of unbranched alkanes of at least 4 members (excludes halogenated alkanes) is 5. The van der Waals surface area contributed by atoms with Gasteiger partial charge in [-0.05, 0) is 142 Å². The van der Waals surface area contributed by atoms with Crippen molar-refractivity contribution in [1.29, 1.82) is 0 Å². The topological polar surface area (TPSA) is 70.3 Å². The highest BCUT2D eigenvalue weighted by Crippen LogP contribution is 2.67. The number of rotatable bonds is 18. The summed E-state index contributed by atoms with van der Waals surface area (Å²) in [5, 5.41) is 18.3. The highest BCUT2D eigenvalue weighted by Gasteiger charge is 2.60. The average molecular weight is 586 g/mol. The molecular formula is C38H71N3O. The first-order valence-electron chi connectivity index (χ1n) is 18.7. The fourth-order valence-electron chi connectivity index (χ4n) is 10.7. The molecule has 4 rings (SSSR count). The van der Waals surface area contributed by atoms with Gasteiger partial charge in [0.05, 0.1) is 6.10 Å². The highest BCUT2D eigenvalue weighted by atomic mass is 16.3. The maximum absolute atomic E-state index is 10.7. The molecule has 4 heteroatoms. The number of hydrogen-bond acceptors (Lipinski definition) is 4. The Morgan fingerprint density at radius 2 is 1.55 bits per heavy atom. The molecular weight excluding hydrogens is 514 g/mol. The minimum atomic E-state index is -0.241. The number of hydrogen-bond donors (Lipinski definition) is 4. The van der Waals surface area contributed by atoms with Gasteiger partial charge in [-0.15, -0.1) is 0 Å². The van der Waals surface area contributed by atoms with Gasteiger partial charge in [-0.1, -0.05) is 85.6 Å². The van der Waals surface area contributed by atoms with E-state index in [2.05, 4.69) is 51.3 Å². The molecule has 4 aliphatic rings. The Labute approximate surface area is 261 Å². The molecule has 0 aromatic heterocycles. The van der Waals surface area contributed by atoms with Crippen molar-refractivity contribution >= 4 is 0 Å². The van der Waals surface area contributed by atoms with Crippen LogP contribution in [0.2, 0.25) is 0 Å². The number of nitrogens with two attached hydrogens (primary N) is 1. The number of aliphatic hydroxyl groups excluding tert-OH is 1. The van der Waals surface area contributed by atoms with Gasteiger partial charge >= 0.3 is 0 Å². The maximum atomic E-state index is 10.7. The predicted octanol–water partition coefficient (Wildman–Crippen LogP) is 8.24. The standard InChI is InChI=1S/C38H71N3O/c1-28(2)14-12-15-29(3)32-16-17-33-31-27-36(41-25-11-9-7-6-8-10-23-40-24-13-22-39)35-26-30(42)18-20-38(35,5)34(31)19-21-37(32,33)4/h26,28-34,36,40-42H,6-25,27,39H2,1-5H3/t29-,30+,31?,32-,33?,34?,36-,37-,38-/m1/s1. The zero-order chi connectivity index (χ0) is 30.2. The van der Waals surface area contributed by atoms with Crippen molar-refractivity contribution in [3.63, 3.8) is 0 Å². The second-order valence-electron chi connectivity index (χ2n) is 16.3. The van der Waals surface area contributed by atoms with Crippen molar-refractivity contribution in [3.05, 3.63) is 11.6 Å². The third kappa shape index (κ3) is 8.24. The molecule has 0 amide bonds. The van der Waals surface area contributed by atoms with Crippen LogP contribution in [0.4, 0.5) is 0 Å². The Kier molecular flexibility index (Phi) is 13.3. The van der Waals surface area contributed by atoms with E-state index < -0.39 is 0 Å². The van der Waals surface area contributed by atoms with E-state index >= 15 is 0 Å². The number of nitrogens with one attached hydrogen (secondary N) is 2. The molecule has 9 atom stereocenters. The van der Waals surface area contributed by atoms with Crippen LogP contribution < -0.4 is 16.4 Å². The fourth-order valence-corrected chi connectivity index (χ4v) is 10.7. The minimum Gasteiger partial charge on any atom is -0.389 e. The molecule has 0 saturated heterocycles. The van der Waals surface area contributed by atoms with Crippen LogP contribution in [-0.4, -0.2) is 43.4 Å². The monoisotopic (exact) mass is 586 g/mol. The Balaban J connectivity index is 1.31. The second-order valence-corrected chi connectivity index (χ2v) is 16.3. The van der Waals surface area contributed by atoms with E-state index in [1.165, 1.54) is 96.3 Å². The zero-order valence-electron chi connectivity index (χ0n) is 28.6. The van der Waals surface area contributed by atoms with Crippen LogP contribution in [0.3, 0.4) is 0 Å². The van der Waals surface area contributed by atoms with Crippen LogP contribution in [0.25, 0.3) is 0 Å². The average Bonchev–Trinajstić information content (AvgIpc) is 3.31. The molecule has 5 N–H and O–H groups in total. The number of aliphatic hydroxyl groups is 1. The lowest BCUT2D eigenvalue weighted by atomic mass is 9.45. The summed E-state index contributed by atoms with van der Waals surface area (Å²) in [4.78, 5) is 0. The molecule has 0 spiro atoms. The Bertz CT molecular complexity index is 827. The minimum absolute atomic E-state index is 0.241. The number of fused-ring (bicyclic) bond motifs is 5. The van der Waals surface area contributed by atoms with Crippen LogP contribution in [-0.2, 0) is 0 Å². The summed E-state index contributed by atoms with van der Waals surface area (Å²) in [6.07, 6.45) is 24.6. The van der Waals surface area contributed by atoms with E-state index in [1.807, 2.05) is 0 Å². The summed E-state index contributed by atoms with van der Waals surface area (Å²) >= 11 is 0. The molecule has 244 valence electrons. The van der Waals surface area contributed by atoms with E-state index in [0.717, 1.165) is 74.5 Å². The van der Waals surface area contributed by atoms with Crippen molar-refractivity contribution in [1.82, 2.24) is 10.6 Å². The normalized spacial score (nSPS) is 36.8. The van der Waals surface area contributed by atoms with E-state index in [4.69, 9.17) is 5.73 Å². The lowest BCUT2D eigenvalue weighted by molar-refractivity contribution is -0.0687. The fraction of sp³-hybridized carbons (Fsp3) is 0.947. The molecule has 0 aliphatic heterocycles. The van der Waals surface area contributed by atoms with Gasteiger partial charge < -0.3 is 21.5 Å². The Morgan fingerprint density at radius 3 is 2.29 bits per heavy atom. The third-order valence-electron chi connectivity index (χ3n) is 13.1. The van der Waals surface area contributed by atoms with Crippen molar-refractivity contribution in [2.45, 2.75) is 156 Å². The van der Waals surface area contributed by atoms with E-state index in [0.29, 0.717) is 11.5 Å². The molecule has 4 aliphatic carbocycles. The smallest absolute Gasteiger partial charge is 0.0724 e. The van der Waals surface area contributed by atoms with Crippen LogP contribution in [0, 0.1) is 46.3 Å². The summed E-state index contributed by atoms with van der Waals surface area (Å²) in [6.45, 7) is 16.8. The maximum Gasteiger partial charge on any atom is 0.0724 e. The first-order valence-corrected chi connectivity index (χ1v) is 18.7. The second kappa shape index (κ2) is 16.2. The largest absolute Gasteiger partial charge is 0.389 e. The van der Waals surface area contributed by atoms with Crippen LogP contribution in [0.15, 0.2) is 11.6 Å². The van der Waals surface area contributed by atoms with Crippen molar-refractivity contribution in [2.24, 2.45) is 52.1 Å². The molecule has 0 bridgehead atoms. The summed E-state index contributed by atoms with van der Waals surface area (Å²) in [5.41, 5.74) is 7.97. The van der Waals surface area contributed by atoms with Gasteiger partial charge in [0.25, 0.3) is 0 Å². The van der Waals surface area contributed by atoms with E-state index in [1.54, 1.807) is 5.57 Å². The predicted molar refractivity (Wildman–Crippen MR) is 180 cm³/mol. The van der Waals surface area contributed by atoms with Gasteiger partial charge in [0.1, 0.15) is 0 Å². The molecule has 0 heterocycles. The lowest BCUT2D eigenvalue weighted by Crippen LogP contribution is -2.57. The first kappa shape index (κ1) is 34.5. The van der Waals surface area contributed by atoms with E-state index in [-0.39, 0.29) is 11.5 Å². The highest BCUT2D eigenvalue weighted by molar-refractivity contribution is 5.30. The van der Waals surface area contributed by atoms with Crippen LogP contribution in [0.1, 0.15) is 144 Å². The molecule has 3 saturated carbocycles. The van der Waals surface area contributed by atoms with Crippen molar-refractivity contribution in [3.8, 4) is 0 Å². The van der Waals surface area contributed by atoms with Gasteiger partial charge in [-0.25, -0.2) is 0 Å². The first-order chi connectivity index (χ1) is 20.2. The Morgan fingerprint density at radius 1 is 0.833 bits per heavy atom. The SMILES string of the molecule is CC(C)CCC[C@@H](C)[C@H]1CCC2C3C[C@@H](NCCCCCCCCNCCCN)C4=C[C@@H](O)CC[C@]4(C)C3CC[C@@]21C. The van der Waals surface area contributed by atoms with Crippen molar-refractivity contribution < 1.29 is 5.11 Å². The van der Waals surface area contributed by atoms with Gasteiger partial charge in [0, 0.05) is 6.04 Å². The molecule has 42 heavy (non-hydrogen) atoms. The van der Waals surface area contributed by atoms with E-state index in [9.17, 15) is 5.11 Å². The van der Waals surface area contributed by atoms with Crippen molar-refractivity contribution in [2.75, 3.05) is 26.2 Å². The molecule has 0 aromatic carbocycles. The molecule has 3 fully saturated rings. The molecule has 3 unspecified atom stereocenters. The summed E-state index contributed by atoms with van der Waals surface area (Å²) < 4.78 is 0. The van der Waals surface area contributed by atoms with Gasteiger partial charge in [0.15, 0.2) is 0 Å². The quantitative estimate of drug-likeness (QED) is 0.0966. The molecule has 0 radical (unpaired) electrons. The van der Waals surface area contributed by atoms with Crippen LogP contribution >= 0.6 is 0 Å². The zero-order valence-corrected chi connectivity index (χ0v) is 28.6. The Hall–Kier alpha value is -0.420. The molecule has 0 aromatic rings. The van der Waals surface area contributed by atoms with Gasteiger partial charge in [-0.3, -0.25) is 0 Å². The summed E-state index contributed by atoms with van der Waals surface area (Å²) in [7, 11) is 0. The molecule has 4 nitrogen and oxygen atoms in total. The van der Waals surface area contributed by atoms with Crippen LogP contribution in [0.5, 0.6) is 0 Å². The lowest BCUT2D eigenvalue weighted by Gasteiger charge is -2.60. The van der Waals surface area contributed by atoms with Gasteiger partial charge in [0.2, 0.25) is 0 Å². The summed E-state index contributed by atoms with van der Waals surface area (Å²) in [6, 6.07) is 0.468. The third-order valence-corrected chi connectivity index (χ3v) is 13.1. The van der Waals surface area contributed by atoms with Gasteiger partial charge in [-0.2, -0.15) is 0 Å². The summed E-state index contributed by atoms with van der Waals surface area (Å²) in [5.74, 6) is 5.19.